The summed E-state index contributed by atoms with van der Waals surface area (Å²) in [5, 5.41) is 3.68. The molecule has 4 aliphatic rings. The van der Waals surface area contributed by atoms with Crippen LogP contribution in [-0.2, 0) is 21.4 Å². The molecule has 2 heterocycles. The Kier molecular flexibility index (Phi) is 7.23. The van der Waals surface area contributed by atoms with Crippen LogP contribution in [0.4, 0.5) is 0 Å². The molecule has 3 N–H and O–H groups in total. The summed E-state index contributed by atoms with van der Waals surface area (Å²) >= 11 is 4.64. The van der Waals surface area contributed by atoms with E-state index in [0.717, 1.165) is 30.9 Å². The minimum absolute atomic E-state index is 0. The maximum Gasteiger partial charge on any atom is 0.306 e. The molecule has 2 bridgehead atoms. The first-order valence-corrected chi connectivity index (χ1v) is 11.0. The van der Waals surface area contributed by atoms with Crippen LogP contribution < -0.4 is 20.5 Å². The van der Waals surface area contributed by atoms with Crippen molar-refractivity contribution >= 4 is 30.0 Å². The number of rotatable bonds is 5. The van der Waals surface area contributed by atoms with E-state index in [1.165, 1.54) is 17.5 Å². The molecule has 0 saturated carbocycles. The zero-order valence-corrected chi connectivity index (χ0v) is 18.9. The highest BCUT2D eigenvalue weighted by Gasteiger charge is 2.64. The van der Waals surface area contributed by atoms with Crippen molar-refractivity contribution in [3.63, 3.8) is 0 Å². The molecule has 1 aromatic carbocycles. The number of halogens is 2. The van der Waals surface area contributed by atoms with Gasteiger partial charge in [-0.15, -0.1) is 24.0 Å². The van der Waals surface area contributed by atoms with Crippen LogP contribution in [0.3, 0.4) is 0 Å². The number of carbonyl (C=O) groups is 1. The Morgan fingerprint density at radius 2 is 2.17 bits per heavy atom. The summed E-state index contributed by atoms with van der Waals surface area (Å²) in [5.74, 6) is 1.74. The monoisotopic (exact) mass is 456 g/mol. The number of carbonyl (C=O) groups excluding carboxylic acids is 1. The summed E-state index contributed by atoms with van der Waals surface area (Å²) < 4.78 is 18.0. The summed E-state index contributed by atoms with van der Waals surface area (Å²) in [5.41, 5.74) is 7.98. The Morgan fingerprint density at radius 1 is 1.37 bits per heavy atom. The maximum absolute atomic E-state index is 12.3. The molecule has 2 aliphatic heterocycles. The van der Waals surface area contributed by atoms with E-state index in [0.29, 0.717) is 31.3 Å². The molecule has 0 radical (unpaired) electrons. The SMILES string of the molecule is CCl.COc1ccc2c3c1O[C@H]1[C@@H](OC(=O)CCCN)C=C[C@H]4C(C2)NCC[C@@]341.Cl. The van der Waals surface area contributed by atoms with E-state index in [9.17, 15) is 4.79 Å². The fraction of sp³-hybridized carbons (Fsp3) is 0.591. The van der Waals surface area contributed by atoms with Crippen molar-refractivity contribution in [2.75, 3.05) is 26.6 Å². The molecule has 0 aromatic heterocycles. The molecular weight excluding hydrogens is 427 g/mol. The van der Waals surface area contributed by atoms with Crippen LogP contribution >= 0.6 is 24.0 Å². The van der Waals surface area contributed by atoms with Gasteiger partial charge in [0.05, 0.1) is 7.11 Å². The first-order valence-electron chi connectivity index (χ1n) is 10.2. The standard InChI is InChI=1S/C21H26N2O4.CH3Cl.ClH/c1-25-15-6-4-12-11-14-13-5-7-16(26-17(24)3-2-9-22)20-21(13,8-10-23-14)18(12)19(15)27-20;1-2;/h4-7,13-14,16,20,23H,2-3,8-11,22H2,1H3;1H3;1H/t13-,14?,16-,20-,21-;;/m0../s1. The van der Waals surface area contributed by atoms with Crippen LogP contribution in [0.1, 0.15) is 30.4 Å². The highest BCUT2D eigenvalue weighted by atomic mass is 35.5. The minimum atomic E-state index is -0.381. The van der Waals surface area contributed by atoms with Crippen molar-refractivity contribution in [1.29, 1.82) is 0 Å². The van der Waals surface area contributed by atoms with Gasteiger partial charge in [-0.1, -0.05) is 12.1 Å². The third kappa shape index (κ3) is 3.38. The highest BCUT2D eigenvalue weighted by molar-refractivity contribution is 6.15. The van der Waals surface area contributed by atoms with Crippen molar-refractivity contribution in [2.45, 2.75) is 49.3 Å². The van der Waals surface area contributed by atoms with Gasteiger partial charge in [0.2, 0.25) is 0 Å². The Bertz CT molecular complexity index is 819. The van der Waals surface area contributed by atoms with Crippen molar-refractivity contribution in [3.8, 4) is 11.5 Å². The first-order chi connectivity index (χ1) is 14.2. The predicted molar refractivity (Wildman–Crippen MR) is 119 cm³/mol. The van der Waals surface area contributed by atoms with E-state index >= 15 is 0 Å². The second-order valence-corrected chi connectivity index (χ2v) is 7.98. The molecule has 6 nitrogen and oxygen atoms in total. The summed E-state index contributed by atoms with van der Waals surface area (Å²) in [6.45, 7) is 1.43. The summed E-state index contributed by atoms with van der Waals surface area (Å²) in [6, 6.07) is 4.55. The average molecular weight is 457 g/mol. The molecule has 1 unspecified atom stereocenters. The molecule has 5 atom stereocenters. The van der Waals surface area contributed by atoms with Gasteiger partial charge in [0.25, 0.3) is 0 Å². The molecule has 8 heteroatoms. The third-order valence-corrected chi connectivity index (χ3v) is 6.72. The number of benzene rings is 1. The van der Waals surface area contributed by atoms with Crippen molar-refractivity contribution in [3.05, 3.63) is 35.4 Å². The van der Waals surface area contributed by atoms with Crippen LogP contribution in [0.25, 0.3) is 0 Å². The van der Waals surface area contributed by atoms with Gasteiger partial charge in [-0.05, 0) is 50.1 Å². The normalized spacial score (nSPS) is 31.3. The topological polar surface area (TPSA) is 82.8 Å². The summed E-state index contributed by atoms with van der Waals surface area (Å²) in [7, 11) is 1.68. The lowest BCUT2D eigenvalue weighted by molar-refractivity contribution is -0.154. The van der Waals surface area contributed by atoms with Crippen molar-refractivity contribution in [2.24, 2.45) is 11.7 Å². The molecule has 2 aliphatic carbocycles. The Balaban J connectivity index is 0.000000830. The lowest BCUT2D eigenvalue weighted by Gasteiger charge is -2.54. The van der Waals surface area contributed by atoms with Gasteiger partial charge >= 0.3 is 5.97 Å². The lowest BCUT2D eigenvalue weighted by Crippen LogP contribution is -2.65. The van der Waals surface area contributed by atoms with Gasteiger partial charge in [-0.2, -0.15) is 0 Å². The minimum Gasteiger partial charge on any atom is -0.493 e. The molecule has 5 rings (SSSR count). The van der Waals surface area contributed by atoms with Crippen molar-refractivity contribution in [1.82, 2.24) is 5.32 Å². The van der Waals surface area contributed by atoms with E-state index < -0.39 is 0 Å². The largest absolute Gasteiger partial charge is 0.493 e. The molecule has 0 amide bonds. The number of methoxy groups -OCH3 is 1. The quantitative estimate of drug-likeness (QED) is 0.402. The van der Waals surface area contributed by atoms with Crippen LogP contribution in [0, 0.1) is 5.92 Å². The number of esters is 1. The molecule has 1 saturated heterocycles. The highest BCUT2D eigenvalue weighted by Crippen LogP contribution is 2.61. The zero-order chi connectivity index (χ0) is 20.6. The Morgan fingerprint density at radius 3 is 2.90 bits per heavy atom. The van der Waals surface area contributed by atoms with Gasteiger partial charge in [0.15, 0.2) is 17.6 Å². The Labute approximate surface area is 188 Å². The number of nitrogens with one attached hydrogen (secondary N) is 1. The number of hydrogen-bond acceptors (Lipinski definition) is 6. The second-order valence-electron chi connectivity index (χ2n) is 7.98. The molecule has 30 heavy (non-hydrogen) atoms. The van der Waals surface area contributed by atoms with E-state index in [2.05, 4.69) is 29.1 Å². The molecule has 1 spiro atoms. The van der Waals surface area contributed by atoms with E-state index in [1.807, 2.05) is 12.1 Å². The fourth-order valence-electron chi connectivity index (χ4n) is 5.67. The Hall–Kier alpha value is -1.47. The van der Waals surface area contributed by atoms with E-state index in [1.54, 1.807) is 7.11 Å². The van der Waals surface area contributed by atoms with Crippen molar-refractivity contribution < 1.29 is 19.0 Å². The smallest absolute Gasteiger partial charge is 0.306 e. The van der Waals surface area contributed by atoms with E-state index in [-0.39, 0.29) is 36.0 Å². The number of nitrogens with two attached hydrogens (primary N) is 1. The van der Waals surface area contributed by atoms with Crippen LogP contribution in [0.2, 0.25) is 0 Å². The van der Waals surface area contributed by atoms with Crippen LogP contribution in [-0.4, -0.2) is 50.8 Å². The summed E-state index contributed by atoms with van der Waals surface area (Å²) in [4.78, 5) is 12.3. The third-order valence-electron chi connectivity index (χ3n) is 6.72. The average Bonchev–Trinajstić information content (AvgIpc) is 3.09. The second kappa shape index (κ2) is 9.35. The van der Waals surface area contributed by atoms with Gasteiger partial charge in [0.1, 0.15) is 6.10 Å². The van der Waals surface area contributed by atoms with Crippen LogP contribution in [0.15, 0.2) is 24.3 Å². The predicted octanol–water partition coefficient (Wildman–Crippen LogP) is 2.73. The first kappa shape index (κ1) is 23.2. The van der Waals surface area contributed by atoms with Gasteiger partial charge in [-0.25, -0.2) is 0 Å². The van der Waals surface area contributed by atoms with E-state index in [4.69, 9.17) is 19.9 Å². The molecular formula is C22H30Cl2N2O4. The molecule has 1 aromatic rings. The lowest BCUT2D eigenvalue weighted by atomic mass is 9.53. The van der Waals surface area contributed by atoms with Gasteiger partial charge in [0, 0.05) is 35.7 Å². The number of ether oxygens (including phenoxy) is 3. The molecule has 166 valence electrons. The number of alkyl halides is 1. The fourth-order valence-corrected chi connectivity index (χ4v) is 5.67. The number of hydrogen-bond donors (Lipinski definition) is 2. The van der Waals surface area contributed by atoms with Crippen LogP contribution in [0.5, 0.6) is 11.5 Å². The van der Waals surface area contributed by atoms with Gasteiger partial charge < -0.3 is 25.3 Å². The maximum atomic E-state index is 12.3. The summed E-state index contributed by atoms with van der Waals surface area (Å²) in [6.07, 6.45) is 8.09. The number of piperidine rings is 1. The van der Waals surface area contributed by atoms with Gasteiger partial charge in [-0.3, -0.25) is 4.79 Å². The molecule has 1 fully saturated rings. The zero-order valence-electron chi connectivity index (χ0n) is 17.4.